The summed E-state index contributed by atoms with van der Waals surface area (Å²) >= 11 is 0. The minimum absolute atomic E-state index is 0.105. The van der Waals surface area contributed by atoms with Crippen molar-refractivity contribution in [1.29, 1.82) is 0 Å². The molecule has 0 aliphatic rings. The third-order valence-corrected chi connectivity index (χ3v) is 4.11. The Morgan fingerprint density at radius 1 is 0.931 bits per heavy atom. The molecule has 0 unspecified atom stereocenters. The summed E-state index contributed by atoms with van der Waals surface area (Å²) in [5, 5.41) is 4.02. The van der Waals surface area contributed by atoms with E-state index in [9.17, 15) is 4.79 Å². The van der Waals surface area contributed by atoms with Gasteiger partial charge in [0.15, 0.2) is 6.61 Å². The largest absolute Gasteiger partial charge is 0.488 e. The fourth-order valence-corrected chi connectivity index (χ4v) is 2.83. The van der Waals surface area contributed by atoms with Crippen LogP contribution in [0.4, 0.5) is 0 Å². The summed E-state index contributed by atoms with van der Waals surface area (Å²) in [6.45, 7) is 4.33. The molecule has 1 amide bonds. The Morgan fingerprint density at radius 2 is 1.62 bits per heavy atom. The molecular formula is C24H24N2O3. The second-order valence-corrected chi connectivity index (χ2v) is 6.72. The topological polar surface area (TPSA) is 59.9 Å². The molecule has 0 radical (unpaired) electrons. The Kier molecular flexibility index (Phi) is 7.00. The molecule has 0 aliphatic carbocycles. The number of para-hydroxylation sites is 1. The summed E-state index contributed by atoms with van der Waals surface area (Å²) in [5.74, 6) is 1.03. The van der Waals surface area contributed by atoms with Crippen molar-refractivity contribution >= 4 is 12.1 Å². The van der Waals surface area contributed by atoms with E-state index in [-0.39, 0.29) is 12.5 Å². The number of carbonyl (C=O) groups excluding carboxylic acids is 1. The third-order valence-electron chi connectivity index (χ3n) is 4.11. The van der Waals surface area contributed by atoms with Crippen LogP contribution in [-0.4, -0.2) is 18.7 Å². The minimum atomic E-state index is -0.330. The molecule has 0 saturated carbocycles. The molecule has 3 aromatic rings. The van der Waals surface area contributed by atoms with Crippen LogP contribution in [-0.2, 0) is 11.4 Å². The lowest BCUT2D eigenvalue weighted by Crippen LogP contribution is -2.24. The maximum atomic E-state index is 12.0. The highest BCUT2D eigenvalue weighted by atomic mass is 16.5. The van der Waals surface area contributed by atoms with Crippen LogP contribution >= 0.6 is 0 Å². The smallest absolute Gasteiger partial charge is 0.277 e. The molecule has 0 fully saturated rings. The average Bonchev–Trinajstić information content (AvgIpc) is 2.72. The van der Waals surface area contributed by atoms with Crippen LogP contribution in [0.2, 0.25) is 0 Å². The minimum Gasteiger partial charge on any atom is -0.488 e. The van der Waals surface area contributed by atoms with Gasteiger partial charge in [-0.05, 0) is 54.8 Å². The quantitative estimate of drug-likeness (QED) is 0.459. The van der Waals surface area contributed by atoms with Gasteiger partial charge in [-0.25, -0.2) is 5.43 Å². The Bertz CT molecular complexity index is 964. The van der Waals surface area contributed by atoms with Crippen LogP contribution in [0.5, 0.6) is 11.5 Å². The van der Waals surface area contributed by atoms with E-state index in [0.717, 1.165) is 22.3 Å². The highest BCUT2D eigenvalue weighted by Crippen LogP contribution is 2.18. The Labute approximate surface area is 171 Å². The van der Waals surface area contributed by atoms with Crippen molar-refractivity contribution in [1.82, 2.24) is 5.43 Å². The van der Waals surface area contributed by atoms with E-state index in [4.69, 9.17) is 9.47 Å². The van der Waals surface area contributed by atoms with Crippen LogP contribution in [0.25, 0.3) is 0 Å². The Balaban J connectivity index is 1.52. The van der Waals surface area contributed by atoms with Crippen molar-refractivity contribution in [3.63, 3.8) is 0 Å². The van der Waals surface area contributed by atoms with Crippen LogP contribution in [0.1, 0.15) is 22.3 Å². The molecule has 0 aliphatic heterocycles. The molecule has 5 heteroatoms. The first-order valence-corrected chi connectivity index (χ1v) is 9.39. The highest BCUT2D eigenvalue weighted by molar-refractivity contribution is 5.85. The second kappa shape index (κ2) is 10.1. The van der Waals surface area contributed by atoms with Crippen molar-refractivity contribution in [3.05, 3.63) is 95.1 Å². The molecule has 3 rings (SSSR count). The lowest BCUT2D eigenvalue weighted by atomic mass is 10.1. The van der Waals surface area contributed by atoms with Crippen LogP contribution in [0.15, 0.2) is 77.9 Å². The Hall–Kier alpha value is -3.60. The summed E-state index contributed by atoms with van der Waals surface area (Å²) in [5.41, 5.74) is 6.52. The first kappa shape index (κ1) is 20.1. The van der Waals surface area contributed by atoms with E-state index in [1.165, 1.54) is 0 Å². The molecule has 5 nitrogen and oxygen atoms in total. The van der Waals surface area contributed by atoms with Gasteiger partial charge in [-0.1, -0.05) is 48.5 Å². The highest BCUT2D eigenvalue weighted by Gasteiger charge is 2.04. The normalized spacial score (nSPS) is 10.7. The lowest BCUT2D eigenvalue weighted by Gasteiger charge is -2.09. The fourth-order valence-electron chi connectivity index (χ4n) is 2.83. The van der Waals surface area contributed by atoms with Gasteiger partial charge in [0, 0.05) is 5.56 Å². The fraction of sp³-hybridized carbons (Fsp3) is 0.167. The zero-order chi connectivity index (χ0) is 20.5. The van der Waals surface area contributed by atoms with Gasteiger partial charge >= 0.3 is 0 Å². The number of hydrogen-bond donors (Lipinski definition) is 1. The van der Waals surface area contributed by atoms with Crippen molar-refractivity contribution in [2.24, 2.45) is 5.10 Å². The summed E-state index contributed by atoms with van der Waals surface area (Å²) in [6, 6.07) is 23.3. The predicted octanol–water partition coefficient (Wildman–Crippen LogP) is 4.41. The van der Waals surface area contributed by atoms with Gasteiger partial charge in [0.05, 0.1) is 6.21 Å². The van der Waals surface area contributed by atoms with Crippen molar-refractivity contribution in [2.45, 2.75) is 20.5 Å². The van der Waals surface area contributed by atoms with Gasteiger partial charge in [0.1, 0.15) is 18.1 Å². The zero-order valence-corrected chi connectivity index (χ0v) is 16.6. The van der Waals surface area contributed by atoms with Crippen molar-refractivity contribution in [3.8, 4) is 11.5 Å². The summed E-state index contributed by atoms with van der Waals surface area (Å²) in [7, 11) is 0. The zero-order valence-electron chi connectivity index (χ0n) is 16.6. The first-order chi connectivity index (χ1) is 14.1. The van der Waals surface area contributed by atoms with Crippen molar-refractivity contribution < 1.29 is 14.3 Å². The monoisotopic (exact) mass is 388 g/mol. The SMILES string of the molecule is Cc1cc(C)cc(OCC(=O)N/N=C/c2ccccc2OCc2ccccc2)c1. The number of amides is 1. The number of aryl methyl sites for hydroxylation is 2. The van der Waals surface area contributed by atoms with Crippen LogP contribution in [0.3, 0.4) is 0 Å². The van der Waals surface area contributed by atoms with Crippen molar-refractivity contribution in [2.75, 3.05) is 6.61 Å². The number of benzene rings is 3. The summed E-state index contributed by atoms with van der Waals surface area (Å²) in [4.78, 5) is 12.0. The molecular weight excluding hydrogens is 364 g/mol. The Morgan fingerprint density at radius 3 is 2.38 bits per heavy atom. The molecule has 0 atom stereocenters. The third kappa shape index (κ3) is 6.50. The van der Waals surface area contributed by atoms with Gasteiger partial charge in [-0.15, -0.1) is 0 Å². The van der Waals surface area contributed by atoms with Crippen LogP contribution < -0.4 is 14.9 Å². The first-order valence-electron chi connectivity index (χ1n) is 9.39. The number of hydrazone groups is 1. The van der Waals surface area contributed by atoms with E-state index in [2.05, 4.69) is 16.6 Å². The van der Waals surface area contributed by atoms with E-state index in [1.807, 2.05) is 80.6 Å². The molecule has 0 aromatic heterocycles. The molecule has 0 saturated heterocycles. The average molecular weight is 388 g/mol. The maximum Gasteiger partial charge on any atom is 0.277 e. The summed E-state index contributed by atoms with van der Waals surface area (Å²) < 4.78 is 11.4. The second-order valence-electron chi connectivity index (χ2n) is 6.72. The van der Waals surface area contributed by atoms with Crippen LogP contribution in [0, 0.1) is 13.8 Å². The van der Waals surface area contributed by atoms with E-state index in [1.54, 1.807) is 6.21 Å². The van der Waals surface area contributed by atoms with Gasteiger partial charge in [0.25, 0.3) is 5.91 Å². The predicted molar refractivity (Wildman–Crippen MR) is 114 cm³/mol. The number of carbonyl (C=O) groups is 1. The number of hydrogen-bond acceptors (Lipinski definition) is 4. The standard InChI is InChI=1S/C24H24N2O3/c1-18-12-19(2)14-22(13-18)28-17-24(27)26-25-15-21-10-6-7-11-23(21)29-16-20-8-4-3-5-9-20/h3-15H,16-17H2,1-2H3,(H,26,27)/b25-15+. The molecule has 0 heterocycles. The number of nitrogens with zero attached hydrogens (tertiary/aromatic N) is 1. The van der Waals surface area contributed by atoms with E-state index in [0.29, 0.717) is 18.1 Å². The van der Waals surface area contributed by atoms with Gasteiger partial charge in [0.2, 0.25) is 0 Å². The molecule has 29 heavy (non-hydrogen) atoms. The molecule has 0 bridgehead atoms. The maximum absolute atomic E-state index is 12.0. The lowest BCUT2D eigenvalue weighted by molar-refractivity contribution is -0.123. The number of ether oxygens (including phenoxy) is 2. The van der Waals surface area contributed by atoms with E-state index >= 15 is 0 Å². The molecule has 148 valence electrons. The van der Waals surface area contributed by atoms with Gasteiger partial charge in [-0.2, -0.15) is 5.10 Å². The number of nitrogens with one attached hydrogen (secondary N) is 1. The molecule has 3 aromatic carbocycles. The van der Waals surface area contributed by atoms with E-state index < -0.39 is 0 Å². The van der Waals surface area contributed by atoms with Gasteiger partial charge < -0.3 is 9.47 Å². The summed E-state index contributed by atoms with van der Waals surface area (Å²) in [6.07, 6.45) is 1.56. The number of rotatable bonds is 8. The molecule has 1 N–H and O–H groups in total. The molecule has 0 spiro atoms. The van der Waals surface area contributed by atoms with Gasteiger partial charge in [-0.3, -0.25) is 4.79 Å².